The van der Waals surface area contributed by atoms with Crippen LogP contribution in [-0.2, 0) is 4.79 Å². The van der Waals surface area contributed by atoms with E-state index in [2.05, 4.69) is 18.8 Å². The number of hydrogen-bond acceptors (Lipinski definition) is 3. The van der Waals surface area contributed by atoms with Crippen molar-refractivity contribution in [3.8, 4) is 0 Å². The first kappa shape index (κ1) is 15.5. The third-order valence-corrected chi connectivity index (χ3v) is 3.81. The van der Waals surface area contributed by atoms with Crippen LogP contribution in [-0.4, -0.2) is 39.5 Å². The lowest BCUT2D eigenvalue weighted by molar-refractivity contribution is -0.141. The van der Waals surface area contributed by atoms with Crippen LogP contribution in [0.3, 0.4) is 0 Å². The molecule has 1 unspecified atom stereocenters. The van der Waals surface area contributed by atoms with Crippen molar-refractivity contribution < 1.29 is 14.7 Å². The normalized spacial score (nSPS) is 15.8. The molecule has 1 heterocycles. The molecule has 2 rings (SSSR count). The summed E-state index contributed by atoms with van der Waals surface area (Å²) in [5.74, 6) is -1.24. The van der Waals surface area contributed by atoms with E-state index in [1.54, 1.807) is 24.1 Å². The zero-order valence-electron chi connectivity index (χ0n) is 12.7. The molecule has 0 bridgehead atoms. The van der Waals surface area contributed by atoms with Gasteiger partial charge in [-0.3, -0.25) is 14.6 Å². The molecule has 0 aliphatic heterocycles. The van der Waals surface area contributed by atoms with E-state index < -0.39 is 11.9 Å². The summed E-state index contributed by atoms with van der Waals surface area (Å²) in [5.41, 5.74) is 1.48. The summed E-state index contributed by atoms with van der Waals surface area (Å²) in [4.78, 5) is 29.4. The average Bonchev–Trinajstić information content (AvgIpc) is 3.28. The number of aromatic nitrogens is 1. The molecule has 1 fully saturated rings. The maximum atomic E-state index is 12.5. The summed E-state index contributed by atoms with van der Waals surface area (Å²) >= 11 is 0. The smallest absolute Gasteiger partial charge is 0.308 e. The zero-order chi connectivity index (χ0) is 15.6. The van der Waals surface area contributed by atoms with Crippen LogP contribution in [0.4, 0.5) is 0 Å². The van der Waals surface area contributed by atoms with Crippen LogP contribution < -0.4 is 0 Å². The van der Waals surface area contributed by atoms with E-state index in [4.69, 9.17) is 5.11 Å². The predicted molar refractivity (Wildman–Crippen MR) is 79.2 cm³/mol. The minimum absolute atomic E-state index is 0.166. The predicted octanol–water partition coefficient (Wildman–Crippen LogP) is 2.53. The fraction of sp³-hybridized carbons (Fsp3) is 0.562. The number of carbonyl (C=O) groups is 2. The van der Waals surface area contributed by atoms with Crippen molar-refractivity contribution >= 4 is 11.9 Å². The lowest BCUT2D eigenvalue weighted by atomic mass is 10.1. The minimum atomic E-state index is -0.878. The third kappa shape index (κ3) is 3.80. The Morgan fingerprint density at radius 1 is 1.33 bits per heavy atom. The molecule has 0 spiro atoms. The van der Waals surface area contributed by atoms with Gasteiger partial charge in [0.05, 0.1) is 5.92 Å². The highest BCUT2D eigenvalue weighted by molar-refractivity contribution is 5.93. The van der Waals surface area contributed by atoms with Gasteiger partial charge >= 0.3 is 5.97 Å². The molecule has 1 aliphatic carbocycles. The van der Waals surface area contributed by atoms with Crippen LogP contribution in [0.15, 0.2) is 18.3 Å². The van der Waals surface area contributed by atoms with Gasteiger partial charge in [-0.1, -0.05) is 26.8 Å². The van der Waals surface area contributed by atoms with Gasteiger partial charge in [0.2, 0.25) is 0 Å². The summed E-state index contributed by atoms with van der Waals surface area (Å²) in [6.45, 7) is 6.01. The molecule has 114 valence electrons. The molecular formula is C16H22N2O3. The van der Waals surface area contributed by atoms with Crippen LogP contribution in [0.5, 0.6) is 0 Å². The van der Waals surface area contributed by atoms with E-state index in [1.165, 1.54) is 0 Å². The molecule has 1 N–H and O–H groups in total. The molecular weight excluding hydrogens is 268 g/mol. The van der Waals surface area contributed by atoms with E-state index in [0.29, 0.717) is 11.6 Å². The Kier molecular flexibility index (Phi) is 4.60. The summed E-state index contributed by atoms with van der Waals surface area (Å²) < 4.78 is 0. The summed E-state index contributed by atoms with van der Waals surface area (Å²) in [6, 6.07) is 3.82. The fourth-order valence-corrected chi connectivity index (χ4v) is 2.18. The number of carboxylic acids is 1. The summed E-state index contributed by atoms with van der Waals surface area (Å²) in [7, 11) is 0. The molecule has 0 radical (unpaired) electrons. The van der Waals surface area contributed by atoms with Crippen molar-refractivity contribution in [3.05, 3.63) is 29.6 Å². The standard InChI is InChI=1S/C16H22N2O3/c1-10(2)12-4-7-14(17-8-12)15(19)18(13-5-6-13)9-11(3)16(20)21/h4,7-8,10-11,13H,5-6,9H2,1-3H3,(H,20,21). The Bertz CT molecular complexity index is 521. The lowest BCUT2D eigenvalue weighted by Crippen LogP contribution is -2.39. The first-order valence-corrected chi connectivity index (χ1v) is 7.40. The second-order valence-corrected chi connectivity index (χ2v) is 6.06. The van der Waals surface area contributed by atoms with Gasteiger partial charge in [0.1, 0.15) is 5.69 Å². The molecule has 5 heteroatoms. The largest absolute Gasteiger partial charge is 0.481 e. The van der Waals surface area contributed by atoms with Gasteiger partial charge in [-0.05, 0) is 30.4 Å². The highest BCUT2D eigenvalue weighted by Gasteiger charge is 2.35. The van der Waals surface area contributed by atoms with Crippen LogP contribution >= 0.6 is 0 Å². The Morgan fingerprint density at radius 3 is 2.43 bits per heavy atom. The molecule has 1 aliphatic rings. The van der Waals surface area contributed by atoms with E-state index in [0.717, 1.165) is 18.4 Å². The zero-order valence-corrected chi connectivity index (χ0v) is 12.7. The third-order valence-electron chi connectivity index (χ3n) is 3.81. The Hall–Kier alpha value is -1.91. The highest BCUT2D eigenvalue weighted by Crippen LogP contribution is 2.29. The van der Waals surface area contributed by atoms with Crippen molar-refractivity contribution in [2.24, 2.45) is 5.92 Å². The molecule has 0 aromatic carbocycles. The van der Waals surface area contributed by atoms with Gasteiger partial charge in [-0.25, -0.2) is 0 Å². The number of rotatable bonds is 6. The first-order valence-electron chi connectivity index (χ1n) is 7.40. The molecule has 1 aromatic rings. The summed E-state index contributed by atoms with van der Waals surface area (Å²) in [6.07, 6.45) is 3.62. The van der Waals surface area contributed by atoms with E-state index in [9.17, 15) is 9.59 Å². The second-order valence-electron chi connectivity index (χ2n) is 6.06. The molecule has 1 atom stereocenters. The van der Waals surface area contributed by atoms with Gasteiger partial charge in [-0.2, -0.15) is 0 Å². The Balaban J connectivity index is 2.12. The van der Waals surface area contributed by atoms with E-state index in [-0.39, 0.29) is 18.5 Å². The van der Waals surface area contributed by atoms with Crippen LogP contribution in [0.1, 0.15) is 55.6 Å². The number of pyridine rings is 1. The number of carbonyl (C=O) groups excluding carboxylic acids is 1. The maximum Gasteiger partial charge on any atom is 0.308 e. The van der Waals surface area contributed by atoms with E-state index >= 15 is 0 Å². The van der Waals surface area contributed by atoms with Crippen molar-refractivity contribution in [3.63, 3.8) is 0 Å². The van der Waals surface area contributed by atoms with Gasteiger partial charge < -0.3 is 10.0 Å². The number of amides is 1. The molecule has 0 saturated heterocycles. The lowest BCUT2D eigenvalue weighted by Gasteiger charge is -2.24. The number of hydrogen-bond donors (Lipinski definition) is 1. The highest BCUT2D eigenvalue weighted by atomic mass is 16.4. The number of nitrogens with zero attached hydrogens (tertiary/aromatic N) is 2. The van der Waals surface area contributed by atoms with Crippen LogP contribution in [0.2, 0.25) is 0 Å². The van der Waals surface area contributed by atoms with Crippen molar-refractivity contribution in [1.29, 1.82) is 0 Å². The molecule has 1 aromatic heterocycles. The molecule has 5 nitrogen and oxygen atoms in total. The fourth-order valence-electron chi connectivity index (χ4n) is 2.18. The Morgan fingerprint density at radius 2 is 2.00 bits per heavy atom. The van der Waals surface area contributed by atoms with Crippen molar-refractivity contribution in [2.75, 3.05) is 6.54 Å². The summed E-state index contributed by atoms with van der Waals surface area (Å²) in [5, 5.41) is 9.03. The molecule has 21 heavy (non-hydrogen) atoms. The van der Waals surface area contributed by atoms with Crippen LogP contribution in [0, 0.1) is 5.92 Å². The van der Waals surface area contributed by atoms with Gasteiger partial charge in [0.25, 0.3) is 5.91 Å². The van der Waals surface area contributed by atoms with Gasteiger partial charge in [0.15, 0.2) is 0 Å². The minimum Gasteiger partial charge on any atom is -0.481 e. The molecule has 1 amide bonds. The van der Waals surface area contributed by atoms with Crippen molar-refractivity contribution in [1.82, 2.24) is 9.88 Å². The number of carboxylic acid groups (broad SMARTS) is 1. The average molecular weight is 290 g/mol. The first-order chi connectivity index (χ1) is 9.90. The van der Waals surface area contributed by atoms with E-state index in [1.807, 2.05) is 6.07 Å². The maximum absolute atomic E-state index is 12.5. The SMILES string of the molecule is CC(CN(C(=O)c1ccc(C(C)C)cn1)C1CC1)C(=O)O. The Labute approximate surface area is 125 Å². The monoisotopic (exact) mass is 290 g/mol. The van der Waals surface area contributed by atoms with Crippen LogP contribution in [0.25, 0.3) is 0 Å². The molecule has 1 saturated carbocycles. The van der Waals surface area contributed by atoms with Crippen molar-refractivity contribution in [2.45, 2.75) is 45.6 Å². The second kappa shape index (κ2) is 6.24. The topological polar surface area (TPSA) is 70.5 Å². The van der Waals surface area contributed by atoms with Gasteiger partial charge in [-0.15, -0.1) is 0 Å². The van der Waals surface area contributed by atoms with Gasteiger partial charge in [0, 0.05) is 18.8 Å². The number of aliphatic carboxylic acids is 1. The quantitative estimate of drug-likeness (QED) is 0.874.